The van der Waals surface area contributed by atoms with Crippen molar-refractivity contribution in [2.45, 2.75) is 26.7 Å². The number of rotatable bonds is 3. The molecule has 0 N–H and O–H groups in total. The minimum Gasteiger partial charge on any atom is -0.428 e. The Labute approximate surface area is 101 Å². The molecule has 0 aliphatic rings. The Kier molecular flexibility index (Phi) is 3.43. The highest BCUT2D eigenvalue weighted by Gasteiger charge is 2.00. The van der Waals surface area contributed by atoms with Crippen LogP contribution in [0, 0.1) is 13.8 Å². The molecule has 0 bridgehead atoms. The Morgan fingerprint density at radius 2 is 1.65 bits per heavy atom. The van der Waals surface area contributed by atoms with Crippen LogP contribution in [0.15, 0.2) is 45.6 Å². The van der Waals surface area contributed by atoms with Gasteiger partial charge >= 0.3 is 5.63 Å². The first-order valence-electron chi connectivity index (χ1n) is 5.80. The quantitative estimate of drug-likeness (QED) is 0.808. The summed E-state index contributed by atoms with van der Waals surface area (Å²) < 4.78 is 5.15. The smallest absolute Gasteiger partial charge is 0.336 e. The van der Waals surface area contributed by atoms with Gasteiger partial charge in [0, 0.05) is 12.5 Å². The molecule has 2 aromatic rings. The summed E-state index contributed by atoms with van der Waals surface area (Å²) >= 11 is 0. The van der Waals surface area contributed by atoms with Crippen molar-refractivity contribution < 1.29 is 4.42 Å². The molecule has 0 amide bonds. The van der Waals surface area contributed by atoms with E-state index in [0.717, 1.165) is 24.2 Å². The van der Waals surface area contributed by atoms with Crippen molar-refractivity contribution in [3.63, 3.8) is 0 Å². The highest BCUT2D eigenvalue weighted by atomic mass is 16.4. The van der Waals surface area contributed by atoms with Crippen LogP contribution in [0.4, 0.5) is 0 Å². The number of benzene rings is 1. The first-order chi connectivity index (χ1) is 8.13. The van der Waals surface area contributed by atoms with Gasteiger partial charge in [-0.3, -0.25) is 0 Å². The van der Waals surface area contributed by atoms with Crippen LogP contribution in [0.2, 0.25) is 0 Å². The molecule has 0 aliphatic heterocycles. The fraction of sp³-hybridized carbons (Fsp3) is 0.267. The van der Waals surface area contributed by atoms with Crippen LogP contribution in [0.3, 0.4) is 0 Å². The van der Waals surface area contributed by atoms with Crippen LogP contribution in [0.25, 0.3) is 0 Å². The lowest BCUT2D eigenvalue weighted by molar-refractivity contribution is 0.457. The summed E-state index contributed by atoms with van der Waals surface area (Å²) in [5.41, 5.74) is 3.22. The van der Waals surface area contributed by atoms with Crippen LogP contribution in [-0.4, -0.2) is 0 Å². The summed E-state index contributed by atoms with van der Waals surface area (Å²) in [7, 11) is 0. The van der Waals surface area contributed by atoms with Gasteiger partial charge < -0.3 is 4.42 Å². The molecular weight excluding hydrogens is 212 g/mol. The third kappa shape index (κ3) is 3.31. The first kappa shape index (κ1) is 11.6. The molecule has 17 heavy (non-hydrogen) atoms. The van der Waals surface area contributed by atoms with E-state index in [4.69, 9.17) is 4.42 Å². The van der Waals surface area contributed by atoms with Gasteiger partial charge in [0.25, 0.3) is 0 Å². The maximum atomic E-state index is 11.2. The van der Waals surface area contributed by atoms with Crippen molar-refractivity contribution in [3.05, 3.63) is 69.3 Å². The monoisotopic (exact) mass is 228 g/mol. The van der Waals surface area contributed by atoms with E-state index < -0.39 is 0 Å². The lowest BCUT2D eigenvalue weighted by Crippen LogP contribution is -2.02. The molecule has 0 radical (unpaired) electrons. The second-order valence-electron chi connectivity index (χ2n) is 4.41. The molecule has 1 heterocycles. The molecule has 0 spiro atoms. The molecule has 88 valence electrons. The molecule has 0 saturated carbocycles. The summed E-state index contributed by atoms with van der Waals surface area (Å²) in [4.78, 5) is 11.2. The number of hydrogen-bond acceptors (Lipinski definition) is 2. The van der Waals surface area contributed by atoms with Gasteiger partial charge in [-0.1, -0.05) is 29.8 Å². The lowest BCUT2D eigenvalue weighted by Gasteiger charge is -2.02. The predicted molar refractivity (Wildman–Crippen MR) is 68.3 cm³/mol. The lowest BCUT2D eigenvalue weighted by atomic mass is 10.1. The van der Waals surface area contributed by atoms with E-state index >= 15 is 0 Å². The third-order valence-electron chi connectivity index (χ3n) is 2.75. The zero-order valence-corrected chi connectivity index (χ0v) is 10.2. The van der Waals surface area contributed by atoms with Crippen LogP contribution in [0.5, 0.6) is 0 Å². The van der Waals surface area contributed by atoms with Gasteiger partial charge in [0.05, 0.1) is 0 Å². The maximum absolute atomic E-state index is 11.2. The van der Waals surface area contributed by atoms with Crippen molar-refractivity contribution in [1.82, 2.24) is 0 Å². The van der Waals surface area contributed by atoms with Crippen molar-refractivity contribution in [1.29, 1.82) is 0 Å². The van der Waals surface area contributed by atoms with E-state index in [0.29, 0.717) is 0 Å². The van der Waals surface area contributed by atoms with Gasteiger partial charge in [-0.25, -0.2) is 4.79 Å². The average Bonchev–Trinajstić information content (AvgIpc) is 2.27. The molecule has 2 heteroatoms. The van der Waals surface area contributed by atoms with E-state index in [9.17, 15) is 4.79 Å². The average molecular weight is 228 g/mol. The summed E-state index contributed by atoms with van der Waals surface area (Å²) in [5, 5.41) is 0. The Morgan fingerprint density at radius 1 is 0.941 bits per heavy atom. The van der Waals surface area contributed by atoms with E-state index in [1.807, 2.05) is 13.0 Å². The van der Waals surface area contributed by atoms with Crippen molar-refractivity contribution in [2.75, 3.05) is 0 Å². The second kappa shape index (κ2) is 5.00. The molecule has 0 fully saturated rings. The molecule has 0 saturated heterocycles. The summed E-state index contributed by atoms with van der Waals surface area (Å²) in [6, 6.07) is 11.9. The maximum Gasteiger partial charge on any atom is 0.336 e. The highest BCUT2D eigenvalue weighted by Crippen LogP contribution is 2.08. The summed E-state index contributed by atoms with van der Waals surface area (Å²) in [5.74, 6) is 0.760. The Bertz CT molecular complexity index is 550. The van der Waals surface area contributed by atoms with E-state index in [1.54, 1.807) is 0 Å². The summed E-state index contributed by atoms with van der Waals surface area (Å²) in [6.07, 6.45) is 1.66. The van der Waals surface area contributed by atoms with Crippen molar-refractivity contribution in [3.8, 4) is 0 Å². The van der Waals surface area contributed by atoms with Gasteiger partial charge in [-0.05, 0) is 37.5 Å². The molecular formula is C15H16O2. The third-order valence-corrected chi connectivity index (χ3v) is 2.75. The van der Waals surface area contributed by atoms with Crippen LogP contribution < -0.4 is 5.63 Å². The minimum absolute atomic E-state index is 0.260. The van der Waals surface area contributed by atoms with E-state index in [-0.39, 0.29) is 5.63 Å². The number of hydrogen-bond donors (Lipinski definition) is 0. The van der Waals surface area contributed by atoms with Crippen LogP contribution in [-0.2, 0) is 12.8 Å². The standard InChI is InChI=1S/C15H16O2/c1-11-3-5-13(6-4-11)7-8-14-9-12(2)10-15(16)17-14/h3-6,9-10H,7-8H2,1-2H3. The Morgan fingerprint density at radius 3 is 2.29 bits per heavy atom. The van der Waals surface area contributed by atoms with E-state index in [2.05, 4.69) is 31.2 Å². The fourth-order valence-electron chi connectivity index (χ4n) is 1.82. The van der Waals surface area contributed by atoms with E-state index in [1.165, 1.54) is 17.2 Å². The molecule has 2 nitrogen and oxygen atoms in total. The molecule has 1 aromatic heterocycles. The van der Waals surface area contributed by atoms with Gasteiger partial charge in [0.1, 0.15) is 5.76 Å². The SMILES string of the molecule is Cc1ccc(CCc2cc(C)cc(=O)o2)cc1. The topological polar surface area (TPSA) is 30.2 Å². The molecule has 1 aromatic carbocycles. The number of aryl methyl sites for hydroxylation is 4. The van der Waals surface area contributed by atoms with Gasteiger partial charge in [0.2, 0.25) is 0 Å². The van der Waals surface area contributed by atoms with Crippen LogP contribution >= 0.6 is 0 Å². The molecule has 0 unspecified atom stereocenters. The summed E-state index contributed by atoms with van der Waals surface area (Å²) in [6.45, 7) is 3.98. The van der Waals surface area contributed by atoms with Crippen molar-refractivity contribution >= 4 is 0 Å². The zero-order chi connectivity index (χ0) is 12.3. The minimum atomic E-state index is -0.260. The van der Waals surface area contributed by atoms with Gasteiger partial charge in [-0.15, -0.1) is 0 Å². The van der Waals surface area contributed by atoms with Gasteiger partial charge in [-0.2, -0.15) is 0 Å². The largest absolute Gasteiger partial charge is 0.428 e. The van der Waals surface area contributed by atoms with Crippen LogP contribution in [0.1, 0.15) is 22.5 Å². The zero-order valence-electron chi connectivity index (χ0n) is 10.2. The second-order valence-corrected chi connectivity index (χ2v) is 4.41. The molecule has 0 atom stereocenters. The fourth-order valence-corrected chi connectivity index (χ4v) is 1.82. The molecule has 2 rings (SSSR count). The van der Waals surface area contributed by atoms with Gasteiger partial charge in [0.15, 0.2) is 0 Å². The predicted octanol–water partition coefficient (Wildman–Crippen LogP) is 3.04. The van der Waals surface area contributed by atoms with Crippen molar-refractivity contribution in [2.24, 2.45) is 0 Å². The molecule has 0 aliphatic carbocycles. The Balaban J connectivity index is 2.07. The highest BCUT2D eigenvalue weighted by molar-refractivity contribution is 5.22. The first-order valence-corrected chi connectivity index (χ1v) is 5.80. The Hall–Kier alpha value is -1.83. The normalized spacial score (nSPS) is 10.5.